The van der Waals surface area contributed by atoms with E-state index < -0.39 is 10.0 Å². The molecular formula is C28H37N3O7S. The maximum Gasteiger partial charge on any atom is 0.257 e. The molecule has 0 aromatic heterocycles. The summed E-state index contributed by atoms with van der Waals surface area (Å²) in [7, 11) is -0.883. The fraction of sp³-hybridized carbons (Fsp3) is 0.500. The molecule has 0 aliphatic carbocycles. The molecule has 39 heavy (non-hydrogen) atoms. The van der Waals surface area contributed by atoms with Crippen molar-refractivity contribution in [2.75, 3.05) is 53.6 Å². The molecule has 0 unspecified atom stereocenters. The number of carbonyl (C=O) groups excluding carboxylic acids is 2. The van der Waals surface area contributed by atoms with Gasteiger partial charge in [0.25, 0.3) is 11.8 Å². The number of hydrogen-bond acceptors (Lipinski definition) is 7. The Morgan fingerprint density at radius 1 is 1.03 bits per heavy atom. The lowest BCUT2D eigenvalue weighted by atomic mass is 9.75. The van der Waals surface area contributed by atoms with E-state index in [0.717, 1.165) is 32.1 Å². The molecule has 2 bridgehead atoms. The zero-order valence-electron chi connectivity index (χ0n) is 22.6. The Kier molecular flexibility index (Phi) is 9.14. The Morgan fingerprint density at radius 3 is 2.46 bits per heavy atom. The molecule has 5 rings (SSSR count). The minimum Gasteiger partial charge on any atom is -0.496 e. The Labute approximate surface area is 230 Å². The molecule has 1 fully saturated rings. The molecular weight excluding hydrogens is 522 g/mol. The number of nitrogens with two attached hydrogens (primary N) is 1. The van der Waals surface area contributed by atoms with Crippen molar-refractivity contribution in [2.24, 2.45) is 10.6 Å². The zero-order valence-corrected chi connectivity index (χ0v) is 23.4. The lowest BCUT2D eigenvalue weighted by molar-refractivity contribution is 0.0136. The van der Waals surface area contributed by atoms with Crippen molar-refractivity contribution in [1.29, 1.82) is 0 Å². The van der Waals surface area contributed by atoms with Crippen LogP contribution < -0.4 is 14.6 Å². The molecule has 3 aliphatic heterocycles. The molecule has 3 aliphatic rings. The van der Waals surface area contributed by atoms with Crippen molar-refractivity contribution in [3.05, 3.63) is 53.6 Å². The number of carbonyl (C=O) groups is 2. The lowest BCUT2D eigenvalue weighted by Gasteiger charge is -2.41. The van der Waals surface area contributed by atoms with Crippen LogP contribution in [0.15, 0.2) is 47.4 Å². The first kappa shape index (κ1) is 28.8. The van der Waals surface area contributed by atoms with Gasteiger partial charge in [0.1, 0.15) is 18.1 Å². The third-order valence-corrected chi connectivity index (χ3v) is 8.61. The molecule has 2 aromatic rings. The third kappa shape index (κ3) is 6.71. The SMILES string of the molecule is COCC12CCCCN(C(=O)c3cc(S(N)(=O)=O)ccc3OC)CCOc3ccccc3C(=O)N(CC1)CC2. The average molecular weight is 560 g/mol. The predicted octanol–water partition coefficient (Wildman–Crippen LogP) is 2.92. The highest BCUT2D eigenvalue weighted by atomic mass is 32.2. The number of methoxy groups -OCH3 is 2. The van der Waals surface area contributed by atoms with E-state index in [4.69, 9.17) is 19.3 Å². The predicted molar refractivity (Wildman–Crippen MR) is 146 cm³/mol. The van der Waals surface area contributed by atoms with E-state index in [1.165, 1.54) is 25.3 Å². The van der Waals surface area contributed by atoms with Crippen molar-refractivity contribution < 1.29 is 32.2 Å². The van der Waals surface area contributed by atoms with Gasteiger partial charge in [-0.3, -0.25) is 9.59 Å². The van der Waals surface area contributed by atoms with Gasteiger partial charge >= 0.3 is 0 Å². The number of primary sulfonamides is 1. The van der Waals surface area contributed by atoms with Gasteiger partial charge in [-0.05, 0) is 61.4 Å². The van der Waals surface area contributed by atoms with E-state index in [2.05, 4.69) is 0 Å². The van der Waals surface area contributed by atoms with Crippen molar-refractivity contribution in [3.63, 3.8) is 0 Å². The van der Waals surface area contributed by atoms with Crippen LogP contribution in [0.1, 0.15) is 52.8 Å². The normalized spacial score (nSPS) is 18.5. The molecule has 0 atom stereocenters. The summed E-state index contributed by atoms with van der Waals surface area (Å²) in [4.78, 5) is 30.5. The molecule has 10 nitrogen and oxygen atoms in total. The number of sulfonamides is 1. The molecule has 2 aromatic carbocycles. The second-order valence-corrected chi connectivity index (χ2v) is 11.8. The lowest BCUT2D eigenvalue weighted by Crippen LogP contribution is -2.45. The van der Waals surface area contributed by atoms with Crippen LogP contribution in [0, 0.1) is 5.41 Å². The fourth-order valence-corrected chi connectivity index (χ4v) is 6.02. The summed E-state index contributed by atoms with van der Waals surface area (Å²) >= 11 is 0. The average Bonchev–Trinajstić information content (AvgIpc) is 2.94. The minimum atomic E-state index is -4.01. The maximum atomic E-state index is 13.7. The Balaban J connectivity index is 1.64. The summed E-state index contributed by atoms with van der Waals surface area (Å²) in [5.41, 5.74) is 0.579. The zero-order chi connectivity index (χ0) is 28.0. The summed E-state index contributed by atoms with van der Waals surface area (Å²) in [6, 6.07) is 11.1. The van der Waals surface area contributed by atoms with E-state index in [1.807, 2.05) is 17.0 Å². The molecule has 11 heteroatoms. The molecule has 0 radical (unpaired) electrons. The smallest absolute Gasteiger partial charge is 0.257 e. The summed E-state index contributed by atoms with van der Waals surface area (Å²) in [5.74, 6) is 0.273. The maximum absolute atomic E-state index is 13.7. The Hall–Kier alpha value is -3.15. The summed E-state index contributed by atoms with van der Waals surface area (Å²) in [5, 5.41) is 5.32. The largest absolute Gasteiger partial charge is 0.496 e. The summed E-state index contributed by atoms with van der Waals surface area (Å²) in [6.07, 6.45) is 4.22. The minimum absolute atomic E-state index is 0.0242. The van der Waals surface area contributed by atoms with Crippen LogP contribution in [0.3, 0.4) is 0 Å². The molecule has 0 spiro atoms. The monoisotopic (exact) mass is 559 g/mol. The van der Waals surface area contributed by atoms with Crippen LogP contribution in [0.2, 0.25) is 0 Å². The van der Waals surface area contributed by atoms with Gasteiger partial charge in [-0.25, -0.2) is 13.6 Å². The highest BCUT2D eigenvalue weighted by molar-refractivity contribution is 7.89. The van der Waals surface area contributed by atoms with Gasteiger partial charge in [0.2, 0.25) is 10.0 Å². The fourth-order valence-electron chi connectivity index (χ4n) is 5.48. The van der Waals surface area contributed by atoms with Gasteiger partial charge in [-0.2, -0.15) is 0 Å². The first-order valence-electron chi connectivity index (χ1n) is 13.2. The molecule has 3 heterocycles. The Bertz CT molecular complexity index is 1290. The molecule has 2 N–H and O–H groups in total. The number of amides is 2. The van der Waals surface area contributed by atoms with Crippen LogP contribution in [-0.2, 0) is 14.8 Å². The topological polar surface area (TPSA) is 128 Å². The van der Waals surface area contributed by atoms with Crippen LogP contribution in [0.25, 0.3) is 0 Å². The van der Waals surface area contributed by atoms with Gasteiger partial charge in [-0.1, -0.05) is 18.6 Å². The highest BCUT2D eigenvalue weighted by Gasteiger charge is 2.36. The quantitative estimate of drug-likeness (QED) is 0.596. The second kappa shape index (κ2) is 12.4. The van der Waals surface area contributed by atoms with E-state index in [-0.39, 0.29) is 46.6 Å². The van der Waals surface area contributed by atoms with Crippen LogP contribution in [0.5, 0.6) is 11.5 Å². The molecule has 2 amide bonds. The number of hydrogen-bond donors (Lipinski definition) is 1. The van der Waals surface area contributed by atoms with Gasteiger partial charge < -0.3 is 24.0 Å². The summed E-state index contributed by atoms with van der Waals surface area (Å²) in [6.45, 7) is 2.76. The molecule has 0 saturated carbocycles. The van der Waals surface area contributed by atoms with Crippen LogP contribution >= 0.6 is 0 Å². The van der Waals surface area contributed by atoms with Gasteiger partial charge in [-0.15, -0.1) is 0 Å². The number of ether oxygens (including phenoxy) is 3. The number of benzene rings is 2. The number of fused-ring (bicyclic) bond motifs is 9. The first-order valence-corrected chi connectivity index (χ1v) is 14.7. The van der Waals surface area contributed by atoms with Gasteiger partial charge in [0.05, 0.1) is 36.3 Å². The van der Waals surface area contributed by atoms with Crippen molar-refractivity contribution in [3.8, 4) is 11.5 Å². The van der Waals surface area contributed by atoms with E-state index in [9.17, 15) is 18.0 Å². The number of para-hydroxylation sites is 1. The summed E-state index contributed by atoms with van der Waals surface area (Å²) < 4.78 is 40.9. The van der Waals surface area contributed by atoms with Gasteiger partial charge in [0, 0.05) is 26.7 Å². The Morgan fingerprint density at radius 2 is 1.77 bits per heavy atom. The van der Waals surface area contributed by atoms with Crippen molar-refractivity contribution in [2.45, 2.75) is 37.0 Å². The standard InChI is InChI=1S/C28H37N3O7S/c1-36-20-28-11-5-6-14-30(27(33)23-19-21(39(29,34)35)9-10-24(23)37-2)17-18-38-25-8-4-3-7-22(25)26(32)31(15-12-28)16-13-28/h3-4,7-10,19H,5-6,11-18,20H2,1-2H3,(H2,29,34,35). The van der Waals surface area contributed by atoms with Crippen LogP contribution in [-0.4, -0.2) is 83.6 Å². The molecule has 212 valence electrons. The number of nitrogens with zero attached hydrogens (tertiary/aromatic N) is 2. The second-order valence-electron chi connectivity index (χ2n) is 10.2. The number of piperidine rings is 1. The van der Waals surface area contributed by atoms with Crippen LogP contribution in [0.4, 0.5) is 0 Å². The van der Waals surface area contributed by atoms with E-state index >= 15 is 0 Å². The third-order valence-electron chi connectivity index (χ3n) is 7.70. The van der Waals surface area contributed by atoms with E-state index in [1.54, 1.807) is 24.1 Å². The van der Waals surface area contributed by atoms with Crippen molar-refractivity contribution >= 4 is 21.8 Å². The molecule has 1 saturated heterocycles. The first-order chi connectivity index (χ1) is 18.7. The van der Waals surface area contributed by atoms with E-state index in [0.29, 0.717) is 37.6 Å². The number of rotatable bonds is 5. The highest BCUT2D eigenvalue weighted by Crippen LogP contribution is 2.38. The van der Waals surface area contributed by atoms with Crippen molar-refractivity contribution in [1.82, 2.24) is 9.80 Å². The van der Waals surface area contributed by atoms with Gasteiger partial charge in [0.15, 0.2) is 0 Å².